The summed E-state index contributed by atoms with van der Waals surface area (Å²) in [7, 11) is 0. The SMILES string of the molecule is Nc1ccc(-c2cncn2-c2ccc(CCO)cc2)cn1. The Bertz CT molecular complexity index is 717. The molecule has 0 amide bonds. The molecule has 21 heavy (non-hydrogen) atoms. The van der Waals surface area contributed by atoms with Gasteiger partial charge in [-0.2, -0.15) is 0 Å². The van der Waals surface area contributed by atoms with E-state index in [4.69, 9.17) is 10.8 Å². The summed E-state index contributed by atoms with van der Waals surface area (Å²) in [6.07, 6.45) is 5.98. The van der Waals surface area contributed by atoms with E-state index >= 15 is 0 Å². The molecule has 0 saturated carbocycles. The van der Waals surface area contributed by atoms with Gasteiger partial charge in [0.1, 0.15) is 5.82 Å². The Morgan fingerprint density at radius 1 is 1.05 bits per heavy atom. The fourth-order valence-electron chi connectivity index (χ4n) is 2.22. The summed E-state index contributed by atoms with van der Waals surface area (Å²) in [5.41, 5.74) is 9.66. The molecule has 5 nitrogen and oxygen atoms in total. The lowest BCUT2D eigenvalue weighted by Gasteiger charge is -2.09. The van der Waals surface area contributed by atoms with Crippen molar-refractivity contribution in [1.82, 2.24) is 14.5 Å². The predicted molar refractivity (Wildman–Crippen MR) is 82.0 cm³/mol. The first-order valence-corrected chi connectivity index (χ1v) is 6.72. The first-order valence-electron chi connectivity index (χ1n) is 6.72. The molecule has 2 heterocycles. The second-order valence-electron chi connectivity index (χ2n) is 4.76. The average Bonchev–Trinajstić information content (AvgIpc) is 2.99. The molecule has 1 aromatic carbocycles. The van der Waals surface area contributed by atoms with Crippen molar-refractivity contribution in [3.8, 4) is 16.9 Å². The number of anilines is 1. The molecule has 5 heteroatoms. The van der Waals surface area contributed by atoms with Gasteiger partial charge in [0.2, 0.25) is 0 Å². The highest BCUT2D eigenvalue weighted by atomic mass is 16.2. The van der Waals surface area contributed by atoms with Crippen LogP contribution in [0.3, 0.4) is 0 Å². The summed E-state index contributed by atoms with van der Waals surface area (Å²) in [5, 5.41) is 8.96. The zero-order valence-electron chi connectivity index (χ0n) is 11.5. The fourth-order valence-corrected chi connectivity index (χ4v) is 2.22. The van der Waals surface area contributed by atoms with Gasteiger partial charge in [-0.05, 0) is 36.2 Å². The van der Waals surface area contributed by atoms with Crippen LogP contribution in [0.5, 0.6) is 0 Å². The molecule has 0 bridgehead atoms. The van der Waals surface area contributed by atoms with E-state index < -0.39 is 0 Å². The molecule has 0 radical (unpaired) electrons. The number of pyridine rings is 1. The number of rotatable bonds is 4. The number of aliphatic hydroxyl groups is 1. The van der Waals surface area contributed by atoms with E-state index in [0.29, 0.717) is 12.2 Å². The van der Waals surface area contributed by atoms with Crippen molar-refractivity contribution in [1.29, 1.82) is 0 Å². The van der Waals surface area contributed by atoms with Gasteiger partial charge >= 0.3 is 0 Å². The lowest BCUT2D eigenvalue weighted by molar-refractivity contribution is 0.299. The van der Waals surface area contributed by atoms with E-state index in [1.54, 1.807) is 24.8 Å². The molecule has 0 fully saturated rings. The standard InChI is InChI=1S/C16H16N4O/c17-16-6-3-13(9-19-16)15-10-18-11-20(15)14-4-1-12(2-5-14)7-8-21/h1-6,9-11,21H,7-8H2,(H2,17,19). The number of hydrogen-bond acceptors (Lipinski definition) is 4. The number of hydrogen-bond donors (Lipinski definition) is 2. The fraction of sp³-hybridized carbons (Fsp3) is 0.125. The van der Waals surface area contributed by atoms with Gasteiger partial charge in [-0.3, -0.25) is 4.57 Å². The van der Waals surface area contributed by atoms with Crippen molar-refractivity contribution < 1.29 is 5.11 Å². The molecule has 0 saturated heterocycles. The van der Waals surface area contributed by atoms with Crippen LogP contribution < -0.4 is 5.73 Å². The van der Waals surface area contributed by atoms with Gasteiger partial charge in [-0.15, -0.1) is 0 Å². The van der Waals surface area contributed by atoms with Crippen LogP contribution >= 0.6 is 0 Å². The van der Waals surface area contributed by atoms with Crippen LogP contribution in [0.1, 0.15) is 5.56 Å². The summed E-state index contributed by atoms with van der Waals surface area (Å²) >= 11 is 0. The van der Waals surface area contributed by atoms with E-state index in [9.17, 15) is 0 Å². The number of nitrogens with zero attached hydrogens (tertiary/aromatic N) is 3. The van der Waals surface area contributed by atoms with Crippen LogP contribution in [0.2, 0.25) is 0 Å². The first kappa shape index (κ1) is 13.3. The quantitative estimate of drug-likeness (QED) is 0.767. The summed E-state index contributed by atoms with van der Waals surface area (Å²) in [4.78, 5) is 8.34. The topological polar surface area (TPSA) is 77.0 Å². The molecular formula is C16H16N4O. The minimum Gasteiger partial charge on any atom is -0.396 e. The minimum atomic E-state index is 0.160. The van der Waals surface area contributed by atoms with E-state index in [1.165, 1.54) is 0 Å². The molecule has 0 aliphatic heterocycles. The molecule has 0 aliphatic rings. The Morgan fingerprint density at radius 2 is 1.86 bits per heavy atom. The summed E-state index contributed by atoms with van der Waals surface area (Å²) in [6.45, 7) is 0.160. The van der Waals surface area contributed by atoms with Crippen LogP contribution in [0.25, 0.3) is 16.9 Å². The first-order chi connectivity index (χ1) is 10.3. The van der Waals surface area contributed by atoms with Crippen molar-refractivity contribution in [2.24, 2.45) is 0 Å². The smallest absolute Gasteiger partial charge is 0.123 e. The summed E-state index contributed by atoms with van der Waals surface area (Å²) < 4.78 is 2.00. The maximum atomic E-state index is 8.96. The Hall–Kier alpha value is -2.66. The molecule has 106 valence electrons. The van der Waals surface area contributed by atoms with Crippen molar-refractivity contribution in [2.45, 2.75) is 6.42 Å². The number of benzene rings is 1. The highest BCUT2D eigenvalue weighted by molar-refractivity contribution is 5.62. The largest absolute Gasteiger partial charge is 0.396 e. The molecule has 3 rings (SSSR count). The zero-order chi connectivity index (χ0) is 14.7. The Kier molecular flexibility index (Phi) is 3.66. The van der Waals surface area contributed by atoms with E-state index in [-0.39, 0.29) is 6.61 Å². The molecule has 0 atom stereocenters. The van der Waals surface area contributed by atoms with Crippen LogP contribution in [0.4, 0.5) is 5.82 Å². The van der Waals surface area contributed by atoms with Gasteiger partial charge < -0.3 is 10.8 Å². The average molecular weight is 280 g/mol. The van der Waals surface area contributed by atoms with Crippen molar-refractivity contribution in [2.75, 3.05) is 12.3 Å². The predicted octanol–water partition coefficient (Wildman–Crippen LogP) is 2.05. The maximum Gasteiger partial charge on any atom is 0.123 e. The van der Waals surface area contributed by atoms with Crippen molar-refractivity contribution in [3.05, 3.63) is 60.7 Å². The number of nitrogen functional groups attached to an aromatic ring is 1. The zero-order valence-corrected chi connectivity index (χ0v) is 11.5. The third-order valence-electron chi connectivity index (χ3n) is 3.34. The van der Waals surface area contributed by atoms with Gasteiger partial charge in [-0.25, -0.2) is 9.97 Å². The third-order valence-corrected chi connectivity index (χ3v) is 3.34. The van der Waals surface area contributed by atoms with E-state index in [1.807, 2.05) is 34.9 Å². The lowest BCUT2D eigenvalue weighted by Crippen LogP contribution is -1.97. The Balaban J connectivity index is 1.96. The number of aliphatic hydroxyl groups excluding tert-OH is 1. The van der Waals surface area contributed by atoms with Crippen LogP contribution in [-0.4, -0.2) is 26.2 Å². The van der Waals surface area contributed by atoms with Crippen LogP contribution in [-0.2, 0) is 6.42 Å². The highest BCUT2D eigenvalue weighted by Gasteiger charge is 2.07. The third kappa shape index (κ3) is 2.78. The summed E-state index contributed by atoms with van der Waals surface area (Å²) in [6, 6.07) is 11.8. The molecule has 0 unspecified atom stereocenters. The number of imidazole rings is 1. The van der Waals surface area contributed by atoms with E-state index in [2.05, 4.69) is 9.97 Å². The second kappa shape index (κ2) is 5.76. The molecule has 3 aromatic rings. The number of nitrogens with two attached hydrogens (primary N) is 1. The molecule has 3 N–H and O–H groups in total. The van der Waals surface area contributed by atoms with Crippen molar-refractivity contribution in [3.63, 3.8) is 0 Å². The van der Waals surface area contributed by atoms with Crippen LogP contribution in [0, 0.1) is 0 Å². The molecule has 0 aliphatic carbocycles. The van der Waals surface area contributed by atoms with Gasteiger partial charge in [0.05, 0.1) is 18.2 Å². The van der Waals surface area contributed by atoms with E-state index in [0.717, 1.165) is 22.5 Å². The Labute approximate surface area is 122 Å². The van der Waals surface area contributed by atoms with Gasteiger partial charge in [-0.1, -0.05) is 12.1 Å². The molecule has 2 aromatic heterocycles. The van der Waals surface area contributed by atoms with Crippen LogP contribution in [0.15, 0.2) is 55.1 Å². The second-order valence-corrected chi connectivity index (χ2v) is 4.76. The van der Waals surface area contributed by atoms with Gasteiger partial charge in [0.25, 0.3) is 0 Å². The van der Waals surface area contributed by atoms with Crippen molar-refractivity contribution >= 4 is 5.82 Å². The minimum absolute atomic E-state index is 0.160. The monoisotopic (exact) mass is 280 g/mol. The maximum absolute atomic E-state index is 8.96. The summed E-state index contributed by atoms with van der Waals surface area (Å²) in [5.74, 6) is 0.498. The Morgan fingerprint density at radius 3 is 2.52 bits per heavy atom. The highest BCUT2D eigenvalue weighted by Crippen LogP contribution is 2.22. The lowest BCUT2D eigenvalue weighted by atomic mass is 10.1. The molecular weight excluding hydrogens is 264 g/mol. The normalized spacial score (nSPS) is 10.7. The molecule has 0 spiro atoms. The van der Waals surface area contributed by atoms with Gasteiger partial charge in [0.15, 0.2) is 0 Å². The van der Waals surface area contributed by atoms with Gasteiger partial charge in [0, 0.05) is 24.1 Å². The number of aromatic nitrogens is 3.